The molecule has 0 spiro atoms. The Balaban J connectivity index is 1.39. The quantitative estimate of drug-likeness (QED) is 0.769. The van der Waals surface area contributed by atoms with Gasteiger partial charge in [-0.15, -0.1) is 0 Å². The lowest BCUT2D eigenvalue weighted by Gasteiger charge is -2.26. The number of fused-ring (bicyclic) bond motifs is 1. The molecular weight excluding hydrogens is 200 g/mol. The number of Topliss-reactive ketones (excluding diaryl/α,β-unsaturated/α-hetero) is 1. The largest absolute Gasteiger partial charge is 0.373 e. The van der Waals surface area contributed by atoms with Crippen molar-refractivity contribution in [2.75, 3.05) is 0 Å². The molecule has 0 aromatic heterocycles. The molecule has 0 bridgehead atoms. The Labute approximate surface area is 94.6 Å². The van der Waals surface area contributed by atoms with Crippen molar-refractivity contribution < 1.29 is 9.53 Å². The van der Waals surface area contributed by atoms with Gasteiger partial charge in [-0.3, -0.25) is 4.79 Å². The smallest absolute Gasteiger partial charge is 0.140 e. The van der Waals surface area contributed by atoms with Gasteiger partial charge in [0.05, 0.1) is 12.7 Å². The Morgan fingerprint density at radius 2 is 2.00 bits per heavy atom. The molecule has 4 rings (SSSR count). The van der Waals surface area contributed by atoms with Gasteiger partial charge in [-0.1, -0.05) is 30.3 Å². The van der Waals surface area contributed by atoms with Crippen LogP contribution in [0.2, 0.25) is 0 Å². The molecule has 0 N–H and O–H groups in total. The molecule has 0 amide bonds. The molecule has 1 aromatic carbocycles. The molecule has 3 fully saturated rings. The molecule has 0 heterocycles. The van der Waals surface area contributed by atoms with Crippen molar-refractivity contribution in [2.24, 2.45) is 23.7 Å². The molecule has 5 atom stereocenters. The Kier molecular flexibility index (Phi) is 1.65. The van der Waals surface area contributed by atoms with Crippen LogP contribution in [0.25, 0.3) is 0 Å². The third-order valence-corrected chi connectivity index (χ3v) is 4.51. The second-order valence-corrected chi connectivity index (χ2v) is 5.26. The van der Waals surface area contributed by atoms with Crippen LogP contribution in [-0.2, 0) is 16.1 Å². The molecule has 0 radical (unpaired) electrons. The van der Waals surface area contributed by atoms with E-state index >= 15 is 0 Å². The summed E-state index contributed by atoms with van der Waals surface area (Å²) < 4.78 is 5.94. The number of ether oxygens (including phenoxy) is 1. The molecule has 3 aliphatic carbocycles. The Morgan fingerprint density at radius 1 is 1.19 bits per heavy atom. The van der Waals surface area contributed by atoms with Crippen LogP contribution in [-0.4, -0.2) is 11.9 Å². The molecule has 2 heteroatoms. The molecule has 3 saturated carbocycles. The third-order valence-electron chi connectivity index (χ3n) is 4.51. The van der Waals surface area contributed by atoms with Crippen molar-refractivity contribution in [3.8, 4) is 0 Å². The number of carbonyl (C=O) groups is 1. The lowest BCUT2D eigenvalue weighted by molar-refractivity contribution is -0.133. The highest BCUT2D eigenvalue weighted by molar-refractivity contribution is 5.96. The van der Waals surface area contributed by atoms with Crippen LogP contribution >= 0.6 is 0 Å². The van der Waals surface area contributed by atoms with Crippen LogP contribution in [0.1, 0.15) is 12.0 Å². The van der Waals surface area contributed by atoms with Gasteiger partial charge in [0.15, 0.2) is 0 Å². The maximum Gasteiger partial charge on any atom is 0.140 e. The Morgan fingerprint density at radius 3 is 2.62 bits per heavy atom. The average Bonchev–Trinajstić information content (AvgIpc) is 2.91. The van der Waals surface area contributed by atoms with Gasteiger partial charge in [0.25, 0.3) is 0 Å². The lowest BCUT2D eigenvalue weighted by Crippen LogP contribution is -2.34. The van der Waals surface area contributed by atoms with Gasteiger partial charge in [0.1, 0.15) is 5.78 Å². The van der Waals surface area contributed by atoms with Gasteiger partial charge < -0.3 is 4.74 Å². The fraction of sp³-hybridized carbons (Fsp3) is 0.500. The van der Waals surface area contributed by atoms with Gasteiger partial charge >= 0.3 is 0 Å². The van der Waals surface area contributed by atoms with Gasteiger partial charge in [-0.2, -0.15) is 0 Å². The summed E-state index contributed by atoms with van der Waals surface area (Å²) >= 11 is 0. The van der Waals surface area contributed by atoms with E-state index < -0.39 is 0 Å². The van der Waals surface area contributed by atoms with E-state index in [9.17, 15) is 4.79 Å². The van der Waals surface area contributed by atoms with Gasteiger partial charge in [0, 0.05) is 11.8 Å². The monoisotopic (exact) mass is 214 g/mol. The summed E-state index contributed by atoms with van der Waals surface area (Å²) in [7, 11) is 0. The van der Waals surface area contributed by atoms with Crippen molar-refractivity contribution in [3.63, 3.8) is 0 Å². The first-order chi connectivity index (χ1) is 7.86. The first kappa shape index (κ1) is 8.94. The molecule has 3 aliphatic rings. The van der Waals surface area contributed by atoms with E-state index in [2.05, 4.69) is 12.1 Å². The predicted octanol–water partition coefficient (Wildman–Crippen LogP) is 2.04. The van der Waals surface area contributed by atoms with E-state index in [1.807, 2.05) is 18.2 Å². The zero-order valence-corrected chi connectivity index (χ0v) is 9.00. The highest BCUT2D eigenvalue weighted by Gasteiger charge is 2.76. The molecule has 1 aromatic rings. The van der Waals surface area contributed by atoms with Crippen LogP contribution in [0.3, 0.4) is 0 Å². The van der Waals surface area contributed by atoms with Crippen molar-refractivity contribution in [1.29, 1.82) is 0 Å². The summed E-state index contributed by atoms with van der Waals surface area (Å²) in [5.74, 6) is 2.60. The average molecular weight is 214 g/mol. The summed E-state index contributed by atoms with van der Waals surface area (Å²) in [5, 5.41) is 0. The van der Waals surface area contributed by atoms with Gasteiger partial charge in [-0.25, -0.2) is 0 Å². The van der Waals surface area contributed by atoms with E-state index in [1.165, 1.54) is 5.56 Å². The predicted molar refractivity (Wildman–Crippen MR) is 58.6 cm³/mol. The number of ketones is 1. The fourth-order valence-corrected chi connectivity index (χ4v) is 3.69. The summed E-state index contributed by atoms with van der Waals surface area (Å²) in [4.78, 5) is 11.4. The molecule has 2 nitrogen and oxygen atoms in total. The first-order valence-electron chi connectivity index (χ1n) is 6.05. The maximum absolute atomic E-state index is 11.4. The Bertz CT molecular complexity index is 439. The van der Waals surface area contributed by atoms with Crippen molar-refractivity contribution in [3.05, 3.63) is 35.9 Å². The molecular formula is C14H14O2. The third kappa shape index (κ3) is 1.03. The summed E-state index contributed by atoms with van der Waals surface area (Å²) in [6, 6.07) is 10.3. The molecule has 16 heavy (non-hydrogen) atoms. The number of rotatable bonds is 3. The summed E-state index contributed by atoms with van der Waals surface area (Å²) in [6.45, 7) is 0.697. The van der Waals surface area contributed by atoms with Crippen molar-refractivity contribution in [1.82, 2.24) is 0 Å². The zero-order chi connectivity index (χ0) is 10.7. The minimum atomic E-state index is 0.359. The Hall–Kier alpha value is -1.15. The molecule has 0 saturated heterocycles. The van der Waals surface area contributed by atoms with Crippen LogP contribution in [0.5, 0.6) is 0 Å². The van der Waals surface area contributed by atoms with Crippen LogP contribution in [0, 0.1) is 23.7 Å². The number of benzene rings is 1. The van der Waals surface area contributed by atoms with E-state index in [1.54, 1.807) is 0 Å². The van der Waals surface area contributed by atoms with Crippen LogP contribution in [0.4, 0.5) is 0 Å². The van der Waals surface area contributed by atoms with Crippen LogP contribution < -0.4 is 0 Å². The first-order valence-corrected chi connectivity index (χ1v) is 6.05. The second kappa shape index (κ2) is 2.95. The summed E-state index contributed by atoms with van der Waals surface area (Å²) in [6.07, 6.45) is 1.34. The normalized spacial score (nSPS) is 42.8. The van der Waals surface area contributed by atoms with E-state index in [-0.39, 0.29) is 0 Å². The summed E-state index contributed by atoms with van der Waals surface area (Å²) in [5.41, 5.74) is 1.23. The molecule has 82 valence electrons. The highest BCUT2D eigenvalue weighted by atomic mass is 16.5. The minimum Gasteiger partial charge on any atom is -0.373 e. The van der Waals surface area contributed by atoms with Crippen LogP contribution in [0.15, 0.2) is 30.3 Å². The fourth-order valence-electron chi connectivity index (χ4n) is 3.69. The van der Waals surface area contributed by atoms with E-state index in [0.29, 0.717) is 42.2 Å². The topological polar surface area (TPSA) is 26.3 Å². The van der Waals surface area contributed by atoms with E-state index in [0.717, 1.165) is 6.42 Å². The second-order valence-electron chi connectivity index (χ2n) is 5.26. The van der Waals surface area contributed by atoms with Crippen molar-refractivity contribution in [2.45, 2.75) is 19.1 Å². The lowest BCUT2D eigenvalue weighted by atomic mass is 9.80. The van der Waals surface area contributed by atoms with Gasteiger partial charge in [0.2, 0.25) is 0 Å². The zero-order valence-electron chi connectivity index (χ0n) is 9.00. The molecule has 0 aliphatic heterocycles. The van der Waals surface area contributed by atoms with Gasteiger partial charge in [-0.05, 0) is 23.8 Å². The van der Waals surface area contributed by atoms with Crippen molar-refractivity contribution >= 4 is 5.78 Å². The number of hydrogen-bond acceptors (Lipinski definition) is 2. The standard InChI is InChI=1S/C14H14O2/c15-14-9-6-10(12-11(9)13(12)14)16-7-8-4-2-1-3-5-8/h1-5,9-13H,6-7H2. The SMILES string of the molecule is O=C1C2CC(OCc3ccccc3)C3C1C23. The number of carbonyl (C=O) groups excluding carboxylic acids is 1. The molecule has 5 unspecified atom stereocenters. The minimum absolute atomic E-state index is 0.359. The van der Waals surface area contributed by atoms with E-state index in [4.69, 9.17) is 4.74 Å². The highest BCUT2D eigenvalue weighted by Crippen LogP contribution is 2.71. The number of hydrogen-bond donors (Lipinski definition) is 0. The maximum atomic E-state index is 11.4.